The summed E-state index contributed by atoms with van der Waals surface area (Å²) in [6, 6.07) is 13.3. The van der Waals surface area contributed by atoms with Crippen molar-refractivity contribution in [2.24, 2.45) is 5.92 Å². The van der Waals surface area contributed by atoms with Crippen molar-refractivity contribution in [1.29, 1.82) is 5.26 Å². The Labute approximate surface area is 170 Å². The second kappa shape index (κ2) is 9.52. The highest BCUT2D eigenvalue weighted by Crippen LogP contribution is 2.23. The van der Waals surface area contributed by atoms with E-state index in [1.165, 1.54) is 11.3 Å². The van der Waals surface area contributed by atoms with Gasteiger partial charge in [0.1, 0.15) is 0 Å². The Morgan fingerprint density at radius 3 is 2.50 bits per heavy atom. The molecule has 1 aliphatic rings. The predicted molar refractivity (Wildman–Crippen MR) is 110 cm³/mol. The highest BCUT2D eigenvalue weighted by atomic mass is 32.1. The van der Waals surface area contributed by atoms with E-state index in [4.69, 9.17) is 5.26 Å². The number of hydrogen-bond acceptors (Lipinski definition) is 4. The summed E-state index contributed by atoms with van der Waals surface area (Å²) in [6.45, 7) is 4.61. The minimum Gasteiger partial charge on any atom is -0.338 e. The van der Waals surface area contributed by atoms with Gasteiger partial charge in [0.05, 0.1) is 16.5 Å². The van der Waals surface area contributed by atoms with Crippen LogP contribution in [0.1, 0.15) is 47.0 Å². The fourth-order valence-electron chi connectivity index (χ4n) is 3.59. The van der Waals surface area contributed by atoms with Crippen LogP contribution in [0.4, 0.5) is 0 Å². The summed E-state index contributed by atoms with van der Waals surface area (Å²) in [5.41, 5.74) is 1.66. The molecule has 1 aromatic heterocycles. The van der Waals surface area contributed by atoms with Crippen molar-refractivity contribution >= 4 is 23.2 Å². The summed E-state index contributed by atoms with van der Waals surface area (Å²) in [7, 11) is 0. The molecule has 1 aliphatic heterocycles. The number of thiophene rings is 1. The standard InChI is InChI=1S/C22H25N3O2S/c1-2-11-25(16-18-7-5-17(15-23)6-8-18)21(26)19-9-12-24(13-10-19)22(27)20-4-3-14-28-20/h3-8,14,19H,2,9-13,16H2,1H3. The number of piperidine rings is 1. The first-order valence-corrected chi connectivity index (χ1v) is 10.6. The van der Waals surface area contributed by atoms with E-state index in [0.717, 1.165) is 16.9 Å². The minimum absolute atomic E-state index is 0.0303. The van der Waals surface area contributed by atoms with E-state index < -0.39 is 0 Å². The zero-order valence-electron chi connectivity index (χ0n) is 16.1. The third kappa shape index (κ3) is 4.79. The van der Waals surface area contributed by atoms with E-state index in [0.29, 0.717) is 44.6 Å². The number of carbonyl (C=O) groups is 2. The van der Waals surface area contributed by atoms with Crippen LogP contribution in [-0.2, 0) is 11.3 Å². The van der Waals surface area contributed by atoms with Crippen LogP contribution in [0.3, 0.4) is 0 Å². The molecule has 0 unspecified atom stereocenters. The quantitative estimate of drug-likeness (QED) is 0.745. The van der Waals surface area contributed by atoms with Gasteiger partial charge in [0.15, 0.2) is 0 Å². The van der Waals surface area contributed by atoms with Crippen molar-refractivity contribution in [3.8, 4) is 6.07 Å². The van der Waals surface area contributed by atoms with E-state index in [1.54, 1.807) is 12.1 Å². The Balaban J connectivity index is 1.59. The fraction of sp³-hybridized carbons (Fsp3) is 0.409. The zero-order chi connectivity index (χ0) is 19.9. The van der Waals surface area contributed by atoms with Gasteiger partial charge in [0, 0.05) is 32.1 Å². The molecule has 0 atom stereocenters. The molecule has 1 fully saturated rings. The van der Waals surface area contributed by atoms with Crippen LogP contribution in [0, 0.1) is 17.2 Å². The van der Waals surface area contributed by atoms with Gasteiger partial charge in [-0.2, -0.15) is 5.26 Å². The van der Waals surface area contributed by atoms with Crippen molar-refractivity contribution < 1.29 is 9.59 Å². The number of rotatable bonds is 6. The van der Waals surface area contributed by atoms with Crippen LogP contribution in [-0.4, -0.2) is 41.2 Å². The molecule has 3 rings (SSSR count). The minimum atomic E-state index is -0.0303. The Hall–Kier alpha value is -2.65. The number of nitrogens with zero attached hydrogens (tertiary/aromatic N) is 3. The lowest BCUT2D eigenvalue weighted by Crippen LogP contribution is -2.44. The lowest BCUT2D eigenvalue weighted by atomic mass is 9.94. The molecule has 0 saturated carbocycles. The predicted octanol–water partition coefficient (Wildman–Crippen LogP) is 3.91. The molecule has 6 heteroatoms. The van der Waals surface area contributed by atoms with E-state index in [9.17, 15) is 9.59 Å². The lowest BCUT2D eigenvalue weighted by molar-refractivity contribution is -0.137. The monoisotopic (exact) mass is 395 g/mol. The smallest absolute Gasteiger partial charge is 0.263 e. The Morgan fingerprint density at radius 2 is 1.93 bits per heavy atom. The molecule has 1 saturated heterocycles. The average molecular weight is 396 g/mol. The summed E-state index contributed by atoms with van der Waals surface area (Å²) in [4.78, 5) is 30.1. The van der Waals surface area contributed by atoms with Crippen molar-refractivity contribution in [3.63, 3.8) is 0 Å². The summed E-state index contributed by atoms with van der Waals surface area (Å²) in [5, 5.41) is 10.8. The zero-order valence-corrected chi connectivity index (χ0v) is 17.0. The van der Waals surface area contributed by atoms with E-state index in [1.807, 2.05) is 39.4 Å². The van der Waals surface area contributed by atoms with Gasteiger partial charge in [0.25, 0.3) is 5.91 Å². The average Bonchev–Trinajstić information content (AvgIpc) is 3.28. The van der Waals surface area contributed by atoms with Gasteiger partial charge in [-0.3, -0.25) is 9.59 Å². The van der Waals surface area contributed by atoms with Crippen LogP contribution in [0.25, 0.3) is 0 Å². The van der Waals surface area contributed by atoms with Crippen molar-refractivity contribution in [2.75, 3.05) is 19.6 Å². The Kier molecular flexibility index (Phi) is 6.83. The topological polar surface area (TPSA) is 64.4 Å². The molecule has 0 radical (unpaired) electrons. The molecule has 146 valence electrons. The molecule has 2 heterocycles. The maximum Gasteiger partial charge on any atom is 0.263 e. The summed E-state index contributed by atoms with van der Waals surface area (Å²) in [6.07, 6.45) is 2.32. The Bertz CT molecular complexity index is 832. The van der Waals surface area contributed by atoms with Gasteiger partial charge in [-0.1, -0.05) is 25.1 Å². The maximum atomic E-state index is 13.1. The molecule has 0 aliphatic carbocycles. The molecule has 0 N–H and O–H groups in total. The summed E-state index contributed by atoms with van der Waals surface area (Å²) < 4.78 is 0. The molecule has 28 heavy (non-hydrogen) atoms. The maximum absolute atomic E-state index is 13.1. The van der Waals surface area contributed by atoms with Crippen LogP contribution >= 0.6 is 11.3 Å². The first-order valence-electron chi connectivity index (χ1n) is 9.73. The van der Waals surface area contributed by atoms with E-state index in [-0.39, 0.29) is 17.7 Å². The number of carbonyl (C=O) groups excluding carboxylic acids is 2. The number of amides is 2. The largest absolute Gasteiger partial charge is 0.338 e. The van der Waals surface area contributed by atoms with Crippen LogP contribution < -0.4 is 0 Å². The number of hydrogen-bond donors (Lipinski definition) is 0. The number of nitriles is 1. The SMILES string of the molecule is CCCN(Cc1ccc(C#N)cc1)C(=O)C1CCN(C(=O)c2cccs2)CC1. The normalized spacial score (nSPS) is 14.5. The van der Waals surface area contributed by atoms with Gasteiger partial charge < -0.3 is 9.80 Å². The van der Waals surface area contributed by atoms with Crippen LogP contribution in [0.15, 0.2) is 41.8 Å². The molecular weight excluding hydrogens is 370 g/mol. The van der Waals surface area contributed by atoms with Crippen LogP contribution in [0.2, 0.25) is 0 Å². The first-order chi connectivity index (χ1) is 13.6. The second-order valence-corrected chi connectivity index (χ2v) is 8.06. The molecule has 2 amide bonds. The molecule has 2 aromatic rings. The molecule has 5 nitrogen and oxygen atoms in total. The fourth-order valence-corrected chi connectivity index (χ4v) is 4.28. The molecular formula is C22H25N3O2S. The lowest BCUT2D eigenvalue weighted by Gasteiger charge is -2.34. The van der Waals surface area contributed by atoms with Gasteiger partial charge in [0.2, 0.25) is 5.91 Å². The third-order valence-electron chi connectivity index (χ3n) is 5.13. The highest BCUT2D eigenvalue weighted by Gasteiger charge is 2.30. The van der Waals surface area contributed by atoms with Gasteiger partial charge in [-0.05, 0) is 48.4 Å². The number of likely N-dealkylation sites (tertiary alicyclic amines) is 1. The summed E-state index contributed by atoms with van der Waals surface area (Å²) in [5.74, 6) is 0.218. The molecule has 0 bridgehead atoms. The second-order valence-electron chi connectivity index (χ2n) is 7.11. The third-order valence-corrected chi connectivity index (χ3v) is 5.98. The summed E-state index contributed by atoms with van der Waals surface area (Å²) >= 11 is 1.46. The number of benzene rings is 1. The molecule has 0 spiro atoms. The van der Waals surface area contributed by atoms with Gasteiger partial charge in [-0.15, -0.1) is 11.3 Å². The van der Waals surface area contributed by atoms with Crippen molar-refractivity contribution in [2.45, 2.75) is 32.7 Å². The van der Waals surface area contributed by atoms with E-state index in [2.05, 4.69) is 13.0 Å². The van der Waals surface area contributed by atoms with Gasteiger partial charge in [-0.25, -0.2) is 0 Å². The molecule has 1 aromatic carbocycles. The Morgan fingerprint density at radius 1 is 1.21 bits per heavy atom. The van der Waals surface area contributed by atoms with Crippen molar-refractivity contribution in [1.82, 2.24) is 9.80 Å². The van der Waals surface area contributed by atoms with Crippen molar-refractivity contribution in [3.05, 3.63) is 57.8 Å². The van der Waals surface area contributed by atoms with E-state index >= 15 is 0 Å². The first kappa shape index (κ1) is 20.1. The highest BCUT2D eigenvalue weighted by molar-refractivity contribution is 7.12. The van der Waals surface area contributed by atoms with Gasteiger partial charge >= 0.3 is 0 Å². The van der Waals surface area contributed by atoms with Crippen LogP contribution in [0.5, 0.6) is 0 Å².